The smallest absolute Gasteiger partial charge is 0.312 e. The van der Waals surface area contributed by atoms with Crippen LogP contribution in [-0.2, 0) is 20.9 Å². The highest BCUT2D eigenvalue weighted by Crippen LogP contribution is 2.21. The van der Waals surface area contributed by atoms with E-state index in [1.807, 2.05) is 0 Å². The van der Waals surface area contributed by atoms with Crippen molar-refractivity contribution in [2.75, 3.05) is 13.2 Å². The van der Waals surface area contributed by atoms with E-state index in [0.29, 0.717) is 18.8 Å². The Labute approximate surface area is 104 Å². The fourth-order valence-corrected chi connectivity index (χ4v) is 1.89. The number of likely N-dealkylation sites (tertiary alicyclic amines) is 1. The van der Waals surface area contributed by atoms with Crippen LogP contribution in [0.3, 0.4) is 0 Å². The third-order valence-corrected chi connectivity index (χ3v) is 2.75. The lowest BCUT2D eigenvalue weighted by Crippen LogP contribution is -2.26. The van der Waals surface area contributed by atoms with Crippen molar-refractivity contribution in [3.8, 4) is 6.07 Å². The van der Waals surface area contributed by atoms with Crippen LogP contribution < -0.4 is 0 Å². The maximum Gasteiger partial charge on any atom is 0.312 e. The van der Waals surface area contributed by atoms with Gasteiger partial charge in [-0.2, -0.15) is 5.26 Å². The molecule has 0 radical (unpaired) electrons. The van der Waals surface area contributed by atoms with Gasteiger partial charge < -0.3 is 14.1 Å². The fraction of sp³-hybridized carbons (Fsp3) is 0.417. The summed E-state index contributed by atoms with van der Waals surface area (Å²) in [5.74, 6) is -0.410. The van der Waals surface area contributed by atoms with Crippen LogP contribution >= 0.6 is 0 Å². The largest absolute Gasteiger partial charge is 0.467 e. The summed E-state index contributed by atoms with van der Waals surface area (Å²) in [6.45, 7) is 0.388. The topological polar surface area (TPSA) is 83.5 Å². The molecule has 0 aliphatic carbocycles. The maximum atomic E-state index is 11.7. The monoisotopic (exact) mass is 248 g/mol. The molecule has 0 N–H and O–H groups in total. The van der Waals surface area contributed by atoms with Crippen LogP contribution in [0.15, 0.2) is 22.8 Å². The zero-order valence-corrected chi connectivity index (χ0v) is 9.67. The first-order chi connectivity index (χ1) is 8.70. The highest BCUT2D eigenvalue weighted by molar-refractivity contribution is 5.86. The molecule has 0 unspecified atom stereocenters. The Morgan fingerprint density at radius 1 is 1.67 bits per heavy atom. The first kappa shape index (κ1) is 12.2. The maximum absolute atomic E-state index is 11.7. The highest BCUT2D eigenvalue weighted by Gasteiger charge is 2.35. The van der Waals surface area contributed by atoms with Gasteiger partial charge >= 0.3 is 5.97 Å². The van der Waals surface area contributed by atoms with Gasteiger partial charge in [0.25, 0.3) is 0 Å². The summed E-state index contributed by atoms with van der Waals surface area (Å²) in [6.07, 6.45) is 1.67. The van der Waals surface area contributed by atoms with Gasteiger partial charge in [-0.25, -0.2) is 0 Å². The molecule has 1 saturated heterocycles. The van der Waals surface area contributed by atoms with Crippen LogP contribution in [0.1, 0.15) is 12.2 Å². The minimum Gasteiger partial charge on any atom is -0.467 e. The molecule has 1 aromatic heterocycles. The molecule has 0 spiro atoms. The number of nitriles is 1. The van der Waals surface area contributed by atoms with E-state index < -0.39 is 11.9 Å². The van der Waals surface area contributed by atoms with Crippen molar-refractivity contribution in [3.05, 3.63) is 24.2 Å². The molecule has 1 aliphatic heterocycles. The van der Waals surface area contributed by atoms with Gasteiger partial charge in [0.05, 0.1) is 18.7 Å². The van der Waals surface area contributed by atoms with Gasteiger partial charge in [0, 0.05) is 13.0 Å². The molecule has 6 heteroatoms. The fourth-order valence-electron chi connectivity index (χ4n) is 1.89. The lowest BCUT2D eigenvalue weighted by Gasteiger charge is -2.14. The number of carbonyl (C=O) groups excluding carboxylic acids is 2. The van der Waals surface area contributed by atoms with Crippen LogP contribution in [0.25, 0.3) is 0 Å². The summed E-state index contributed by atoms with van der Waals surface area (Å²) in [5, 5.41) is 8.32. The van der Waals surface area contributed by atoms with E-state index in [1.54, 1.807) is 23.1 Å². The molecule has 1 aliphatic rings. The minimum absolute atomic E-state index is 0.106. The van der Waals surface area contributed by atoms with Gasteiger partial charge in [0.1, 0.15) is 11.8 Å². The molecular formula is C12H12N2O4. The van der Waals surface area contributed by atoms with Crippen LogP contribution in [0.4, 0.5) is 0 Å². The number of furan rings is 1. The number of ether oxygens (including phenoxy) is 1. The molecule has 1 atom stereocenters. The summed E-state index contributed by atoms with van der Waals surface area (Å²) < 4.78 is 9.86. The Kier molecular flexibility index (Phi) is 3.63. The van der Waals surface area contributed by atoms with E-state index in [1.165, 1.54) is 6.26 Å². The Morgan fingerprint density at radius 3 is 3.17 bits per heavy atom. The van der Waals surface area contributed by atoms with Crippen molar-refractivity contribution in [2.45, 2.75) is 13.0 Å². The van der Waals surface area contributed by atoms with E-state index in [4.69, 9.17) is 14.4 Å². The molecule has 94 valence electrons. The first-order valence-corrected chi connectivity index (χ1v) is 5.54. The second-order valence-electron chi connectivity index (χ2n) is 4.02. The Bertz CT molecular complexity index is 475. The summed E-state index contributed by atoms with van der Waals surface area (Å²) in [7, 11) is 0. The molecule has 6 nitrogen and oxygen atoms in total. The lowest BCUT2D eigenvalue weighted by molar-refractivity contribution is -0.146. The summed E-state index contributed by atoms with van der Waals surface area (Å²) in [6, 6.07) is 5.24. The summed E-state index contributed by atoms with van der Waals surface area (Å²) >= 11 is 0. The van der Waals surface area contributed by atoms with E-state index in [9.17, 15) is 9.59 Å². The molecule has 0 bridgehead atoms. The third-order valence-electron chi connectivity index (χ3n) is 2.75. The molecule has 1 fully saturated rings. The molecule has 18 heavy (non-hydrogen) atoms. The normalized spacial score (nSPS) is 18.7. The summed E-state index contributed by atoms with van der Waals surface area (Å²) in [4.78, 5) is 24.8. The van der Waals surface area contributed by atoms with Gasteiger partial charge in [0.15, 0.2) is 6.61 Å². The summed E-state index contributed by atoms with van der Waals surface area (Å²) in [5.41, 5.74) is 0. The molecule has 1 amide bonds. The van der Waals surface area contributed by atoms with E-state index in [-0.39, 0.29) is 18.9 Å². The molecule has 2 rings (SSSR count). The first-order valence-electron chi connectivity index (χ1n) is 5.54. The SMILES string of the molecule is N#CCOC(=O)[C@@H]1CC(=O)N(Cc2ccco2)C1. The van der Waals surface area contributed by atoms with E-state index in [2.05, 4.69) is 0 Å². The molecule has 2 heterocycles. The van der Waals surface area contributed by atoms with Crippen LogP contribution in [0.5, 0.6) is 0 Å². The quantitative estimate of drug-likeness (QED) is 0.732. The number of rotatable bonds is 4. The predicted octanol–water partition coefficient (Wildman–Crippen LogP) is 0.695. The molecule has 0 saturated carbocycles. The molecular weight excluding hydrogens is 236 g/mol. The predicted molar refractivity (Wildman–Crippen MR) is 58.8 cm³/mol. The number of hydrogen-bond acceptors (Lipinski definition) is 5. The Morgan fingerprint density at radius 2 is 2.50 bits per heavy atom. The van der Waals surface area contributed by atoms with Gasteiger partial charge in [-0.05, 0) is 12.1 Å². The standard InChI is InChI=1S/C12H12N2O4/c13-3-5-18-12(16)9-6-11(15)14(7-9)8-10-2-1-4-17-10/h1-2,4,9H,5-8H2/t9-/m1/s1. The van der Waals surface area contributed by atoms with Crippen molar-refractivity contribution in [1.29, 1.82) is 5.26 Å². The highest BCUT2D eigenvalue weighted by atomic mass is 16.5. The van der Waals surface area contributed by atoms with Crippen molar-refractivity contribution in [2.24, 2.45) is 5.92 Å². The van der Waals surface area contributed by atoms with Crippen molar-refractivity contribution < 1.29 is 18.7 Å². The Hall–Kier alpha value is -2.29. The number of nitrogens with zero attached hydrogens (tertiary/aromatic N) is 2. The third kappa shape index (κ3) is 2.69. The average molecular weight is 248 g/mol. The Balaban J connectivity index is 1.91. The number of amides is 1. The van der Waals surface area contributed by atoms with E-state index in [0.717, 1.165) is 0 Å². The van der Waals surface area contributed by atoms with Crippen LogP contribution in [0, 0.1) is 17.2 Å². The second-order valence-corrected chi connectivity index (χ2v) is 4.02. The number of carbonyl (C=O) groups is 2. The van der Waals surface area contributed by atoms with Crippen molar-refractivity contribution in [1.82, 2.24) is 4.90 Å². The van der Waals surface area contributed by atoms with Gasteiger partial charge in [0.2, 0.25) is 5.91 Å². The lowest BCUT2D eigenvalue weighted by atomic mass is 10.1. The number of esters is 1. The average Bonchev–Trinajstić information content (AvgIpc) is 2.98. The van der Waals surface area contributed by atoms with Crippen LogP contribution in [0.2, 0.25) is 0 Å². The number of hydrogen-bond donors (Lipinski definition) is 0. The molecule has 0 aromatic carbocycles. The van der Waals surface area contributed by atoms with Gasteiger partial charge in [-0.15, -0.1) is 0 Å². The minimum atomic E-state index is -0.494. The van der Waals surface area contributed by atoms with Crippen LogP contribution in [-0.4, -0.2) is 29.9 Å². The van der Waals surface area contributed by atoms with Crippen molar-refractivity contribution >= 4 is 11.9 Å². The molecule has 1 aromatic rings. The second kappa shape index (κ2) is 5.36. The zero-order chi connectivity index (χ0) is 13.0. The van der Waals surface area contributed by atoms with E-state index >= 15 is 0 Å². The zero-order valence-electron chi connectivity index (χ0n) is 9.67. The van der Waals surface area contributed by atoms with Gasteiger partial charge in [-0.3, -0.25) is 9.59 Å². The van der Waals surface area contributed by atoms with Gasteiger partial charge in [-0.1, -0.05) is 0 Å². The van der Waals surface area contributed by atoms with Crippen molar-refractivity contribution in [3.63, 3.8) is 0 Å².